The van der Waals surface area contributed by atoms with E-state index < -0.39 is 23.1 Å². The molecule has 1 saturated heterocycles. The van der Waals surface area contributed by atoms with Crippen LogP contribution in [-0.4, -0.2) is 45.0 Å². The van der Waals surface area contributed by atoms with E-state index in [-0.39, 0.29) is 22.7 Å². The van der Waals surface area contributed by atoms with Crippen LogP contribution in [-0.2, 0) is 13.0 Å². The third-order valence-electron chi connectivity index (χ3n) is 9.33. The molecule has 0 atom stereocenters. The molecular formula is C39H33F2N5O4S. The molecule has 258 valence electrons. The SMILES string of the molecule is CC1CCN(Cc2ccc(-c3cc4nccc(Oc5ccc(NC(=O)c6c7c(cn(-c8ccc(F)cc8)c6=O)CCO7)cc5F)c4s3)nc2)CC1. The van der Waals surface area contributed by atoms with Crippen molar-refractivity contribution in [1.29, 1.82) is 0 Å². The van der Waals surface area contributed by atoms with Crippen LogP contribution < -0.4 is 20.3 Å². The Balaban J connectivity index is 0.993. The molecule has 51 heavy (non-hydrogen) atoms. The molecule has 2 aliphatic heterocycles. The van der Waals surface area contributed by atoms with Crippen molar-refractivity contribution in [3.63, 3.8) is 0 Å². The Morgan fingerprint density at radius 1 is 1.02 bits per heavy atom. The van der Waals surface area contributed by atoms with Crippen LogP contribution in [0, 0.1) is 17.6 Å². The first-order valence-corrected chi connectivity index (χ1v) is 17.6. The van der Waals surface area contributed by atoms with Gasteiger partial charge in [0, 0.05) is 60.6 Å². The lowest BCUT2D eigenvalue weighted by molar-refractivity contribution is 0.102. The number of thiophene rings is 1. The highest BCUT2D eigenvalue weighted by atomic mass is 32.1. The van der Waals surface area contributed by atoms with Crippen molar-refractivity contribution in [2.75, 3.05) is 25.0 Å². The van der Waals surface area contributed by atoms with E-state index in [0.717, 1.165) is 46.9 Å². The maximum Gasteiger partial charge on any atom is 0.271 e. The van der Waals surface area contributed by atoms with Gasteiger partial charge in [-0.3, -0.25) is 29.0 Å². The lowest BCUT2D eigenvalue weighted by atomic mass is 9.99. The van der Waals surface area contributed by atoms with Crippen LogP contribution in [0.3, 0.4) is 0 Å². The summed E-state index contributed by atoms with van der Waals surface area (Å²) < 4.78 is 42.7. The number of aromatic nitrogens is 3. The molecule has 12 heteroatoms. The number of hydrogen-bond acceptors (Lipinski definition) is 8. The number of rotatable bonds is 8. The van der Waals surface area contributed by atoms with E-state index in [4.69, 9.17) is 14.5 Å². The lowest BCUT2D eigenvalue weighted by Crippen LogP contribution is -2.32. The summed E-state index contributed by atoms with van der Waals surface area (Å²) in [6.45, 7) is 5.72. The number of pyridine rings is 3. The summed E-state index contributed by atoms with van der Waals surface area (Å²) in [4.78, 5) is 39.6. The molecule has 6 heterocycles. The van der Waals surface area contributed by atoms with Crippen molar-refractivity contribution in [3.8, 4) is 33.5 Å². The number of piperidine rings is 1. The topological polar surface area (TPSA) is 98.6 Å². The summed E-state index contributed by atoms with van der Waals surface area (Å²) in [6.07, 6.45) is 8.08. The molecule has 8 rings (SSSR count). The molecule has 2 aromatic carbocycles. The molecule has 0 unspecified atom stereocenters. The number of benzene rings is 2. The average Bonchev–Trinajstić information content (AvgIpc) is 3.79. The van der Waals surface area contributed by atoms with Crippen molar-refractivity contribution in [2.24, 2.45) is 5.92 Å². The van der Waals surface area contributed by atoms with Crippen LogP contribution >= 0.6 is 11.3 Å². The van der Waals surface area contributed by atoms with Gasteiger partial charge in [0.05, 0.1) is 27.4 Å². The standard InChI is InChI=1S/C39H33F2N5O4S/c1-23-11-15-45(16-12-23)21-24-2-8-30(43-20-24)34-19-31-37(51-34)33(10-14-42-31)50-32-9-5-27(18-29(32)41)44-38(47)35-36-25(13-17-49-36)22-46(39(35)48)28-6-3-26(40)4-7-28/h2-10,14,18-20,22-23H,11-13,15-17,21H2,1H3,(H,44,47). The van der Waals surface area contributed by atoms with E-state index in [0.29, 0.717) is 35.5 Å². The molecule has 0 aliphatic carbocycles. The highest BCUT2D eigenvalue weighted by Gasteiger charge is 2.27. The van der Waals surface area contributed by atoms with Crippen LogP contribution in [0.4, 0.5) is 14.5 Å². The van der Waals surface area contributed by atoms with Gasteiger partial charge >= 0.3 is 0 Å². The molecule has 0 radical (unpaired) electrons. The van der Waals surface area contributed by atoms with Gasteiger partial charge in [-0.2, -0.15) is 0 Å². The lowest BCUT2D eigenvalue weighted by Gasteiger charge is -2.30. The van der Waals surface area contributed by atoms with Crippen LogP contribution in [0.15, 0.2) is 90.1 Å². The predicted octanol–water partition coefficient (Wildman–Crippen LogP) is 8.00. The number of carbonyl (C=O) groups is 1. The Morgan fingerprint density at radius 3 is 2.61 bits per heavy atom. The number of carbonyl (C=O) groups excluding carboxylic acids is 1. The minimum Gasteiger partial charge on any atom is -0.492 e. The minimum absolute atomic E-state index is 0.0485. The Morgan fingerprint density at radius 2 is 1.84 bits per heavy atom. The quantitative estimate of drug-likeness (QED) is 0.171. The van der Waals surface area contributed by atoms with Crippen LogP contribution in [0.5, 0.6) is 17.2 Å². The maximum atomic E-state index is 15.5. The number of amides is 1. The van der Waals surface area contributed by atoms with Crippen molar-refractivity contribution in [3.05, 3.63) is 124 Å². The van der Waals surface area contributed by atoms with Gasteiger partial charge in [-0.05, 0) is 85.9 Å². The molecule has 0 spiro atoms. The molecule has 9 nitrogen and oxygen atoms in total. The van der Waals surface area contributed by atoms with E-state index in [1.807, 2.05) is 18.3 Å². The first-order chi connectivity index (χ1) is 24.8. The molecule has 2 aliphatic rings. The first-order valence-electron chi connectivity index (χ1n) is 16.8. The molecule has 1 N–H and O–H groups in total. The molecule has 0 saturated carbocycles. The number of likely N-dealkylation sites (tertiary alicyclic amines) is 1. The van der Waals surface area contributed by atoms with Gasteiger partial charge in [0.25, 0.3) is 11.5 Å². The first kappa shape index (κ1) is 32.7. The Bertz CT molecular complexity index is 2320. The van der Waals surface area contributed by atoms with Gasteiger partial charge in [0.15, 0.2) is 11.6 Å². The Labute approximate surface area is 296 Å². The number of fused-ring (bicyclic) bond motifs is 2. The zero-order valence-electron chi connectivity index (χ0n) is 27.7. The van der Waals surface area contributed by atoms with Crippen LogP contribution in [0.1, 0.15) is 41.3 Å². The third-order valence-corrected chi connectivity index (χ3v) is 10.5. The number of anilines is 1. The summed E-state index contributed by atoms with van der Waals surface area (Å²) in [5.74, 6) is -0.564. The van der Waals surface area contributed by atoms with Gasteiger partial charge in [-0.1, -0.05) is 13.0 Å². The highest BCUT2D eigenvalue weighted by Crippen LogP contribution is 2.39. The van der Waals surface area contributed by atoms with Gasteiger partial charge in [-0.15, -0.1) is 11.3 Å². The van der Waals surface area contributed by atoms with Gasteiger partial charge < -0.3 is 14.8 Å². The van der Waals surface area contributed by atoms with Crippen molar-refractivity contribution < 1.29 is 23.0 Å². The summed E-state index contributed by atoms with van der Waals surface area (Å²) in [5, 5.41) is 2.62. The van der Waals surface area contributed by atoms with Crippen LogP contribution in [0.2, 0.25) is 0 Å². The largest absolute Gasteiger partial charge is 0.492 e. The fourth-order valence-corrected chi connectivity index (χ4v) is 7.53. The van der Waals surface area contributed by atoms with Crippen LogP contribution in [0.25, 0.3) is 26.5 Å². The van der Waals surface area contributed by atoms with Gasteiger partial charge in [0.1, 0.15) is 22.9 Å². The van der Waals surface area contributed by atoms with Crippen molar-refractivity contribution in [2.45, 2.75) is 32.7 Å². The number of nitrogens with one attached hydrogen (secondary N) is 1. The normalized spacial score (nSPS) is 14.7. The number of nitrogens with zero attached hydrogens (tertiary/aromatic N) is 4. The fraction of sp³-hybridized carbons (Fsp3) is 0.231. The molecule has 1 amide bonds. The zero-order chi connectivity index (χ0) is 35.1. The van der Waals surface area contributed by atoms with E-state index in [2.05, 4.69) is 28.2 Å². The second kappa shape index (κ2) is 13.7. The second-order valence-electron chi connectivity index (χ2n) is 13.0. The van der Waals surface area contributed by atoms with Gasteiger partial charge in [-0.25, -0.2) is 8.78 Å². The van der Waals surface area contributed by atoms with E-state index in [9.17, 15) is 14.0 Å². The van der Waals surface area contributed by atoms with Crippen molar-refractivity contribution >= 4 is 33.1 Å². The van der Waals surface area contributed by atoms with Gasteiger partial charge in [0.2, 0.25) is 0 Å². The Kier molecular flexibility index (Phi) is 8.78. The molecule has 4 aromatic heterocycles. The fourth-order valence-electron chi connectivity index (χ4n) is 6.49. The number of halogens is 2. The second-order valence-corrected chi connectivity index (χ2v) is 14.0. The highest BCUT2D eigenvalue weighted by molar-refractivity contribution is 7.22. The summed E-state index contributed by atoms with van der Waals surface area (Å²) in [6, 6.07) is 17.2. The smallest absolute Gasteiger partial charge is 0.271 e. The minimum atomic E-state index is -0.757. The van der Waals surface area contributed by atoms with E-state index in [1.165, 1.54) is 70.7 Å². The van der Waals surface area contributed by atoms with E-state index >= 15 is 4.39 Å². The molecule has 1 fully saturated rings. The molecular weight excluding hydrogens is 673 g/mol. The summed E-state index contributed by atoms with van der Waals surface area (Å²) >= 11 is 1.46. The molecule has 0 bridgehead atoms. The average molecular weight is 706 g/mol. The number of hydrogen-bond donors (Lipinski definition) is 1. The third kappa shape index (κ3) is 6.72. The van der Waals surface area contributed by atoms with E-state index in [1.54, 1.807) is 18.5 Å². The Hall–Kier alpha value is -5.46. The maximum absolute atomic E-state index is 15.5. The zero-order valence-corrected chi connectivity index (χ0v) is 28.5. The van der Waals surface area contributed by atoms with Crippen molar-refractivity contribution in [1.82, 2.24) is 19.4 Å². The predicted molar refractivity (Wildman–Crippen MR) is 192 cm³/mol. The summed E-state index contributed by atoms with van der Waals surface area (Å²) in [7, 11) is 0. The monoisotopic (exact) mass is 705 g/mol. The molecule has 6 aromatic rings. The summed E-state index contributed by atoms with van der Waals surface area (Å²) in [5.41, 5.74) is 3.02. The number of ether oxygens (including phenoxy) is 2.